The van der Waals surface area contributed by atoms with Crippen LogP contribution in [0.4, 0.5) is 19.0 Å². The Morgan fingerprint density at radius 2 is 1.85 bits per heavy atom. The van der Waals surface area contributed by atoms with Crippen LogP contribution in [0, 0.1) is 17.2 Å². The number of ether oxygens (including phenoxy) is 1. The number of nitrogens with one attached hydrogen (secondary N) is 1. The van der Waals surface area contributed by atoms with E-state index >= 15 is 0 Å². The Kier molecular flexibility index (Phi) is 10.9. The number of hydrogen-bond donors (Lipinski definition) is 3. The monoisotopic (exact) mass is 684 g/mol. The summed E-state index contributed by atoms with van der Waals surface area (Å²) in [5, 5.41) is 36.2. The number of piperidine rings is 1. The Balaban J connectivity index is 1.04. The van der Waals surface area contributed by atoms with Gasteiger partial charge in [0, 0.05) is 48.1 Å². The zero-order chi connectivity index (χ0) is 33.7. The molecule has 0 amide bonds. The Bertz CT molecular complexity index is 1720. The first-order valence-electron chi connectivity index (χ1n) is 16.8. The van der Waals surface area contributed by atoms with Gasteiger partial charge >= 0.3 is 6.18 Å². The predicted molar refractivity (Wildman–Crippen MR) is 180 cm³/mol. The summed E-state index contributed by atoms with van der Waals surface area (Å²) in [7, 11) is 0. The molecule has 48 heavy (non-hydrogen) atoms. The lowest BCUT2D eigenvalue weighted by Gasteiger charge is -2.32. The molecule has 2 fully saturated rings. The lowest BCUT2D eigenvalue weighted by molar-refractivity contribution is -0.126. The standard InChI is InChI=1S/C35H43F3N6O3S/c36-35(37,38)17-29-16-30-32(40-23-41-33(30)48-29)42-27-8-11-43(12-9-27)19-25-6-7-31-26(14-25)15-28(18-39)44(31)20-34(46,21-45)22-47-13-10-24-4-2-1-3-5-24/h6-7,14-16,23-24,27,45-46H,1-5,8-13,17,19-22H2,(H,40,41,42). The maximum absolute atomic E-state index is 12.9. The van der Waals surface area contributed by atoms with Gasteiger partial charge in [0.1, 0.15) is 34.3 Å². The topological polar surface area (TPSA) is 119 Å². The van der Waals surface area contributed by atoms with Crippen LogP contribution in [0.5, 0.6) is 0 Å². The van der Waals surface area contributed by atoms with E-state index in [1.54, 1.807) is 10.6 Å². The molecule has 3 aromatic heterocycles. The van der Waals surface area contributed by atoms with Crippen molar-refractivity contribution in [2.75, 3.05) is 38.2 Å². The van der Waals surface area contributed by atoms with Gasteiger partial charge in [-0.2, -0.15) is 18.4 Å². The third-order valence-electron chi connectivity index (χ3n) is 9.68. The van der Waals surface area contributed by atoms with Gasteiger partial charge in [-0.15, -0.1) is 11.3 Å². The molecule has 6 rings (SSSR count). The van der Waals surface area contributed by atoms with Crippen LogP contribution in [0.1, 0.15) is 67.5 Å². The number of aliphatic hydroxyl groups excluding tert-OH is 1. The molecule has 258 valence electrons. The molecule has 9 nitrogen and oxygen atoms in total. The summed E-state index contributed by atoms with van der Waals surface area (Å²) in [6.07, 6.45) is 5.13. The smallest absolute Gasteiger partial charge is 0.393 e. The Hall–Kier alpha value is -3.28. The van der Waals surface area contributed by atoms with Crippen LogP contribution in [-0.4, -0.2) is 80.4 Å². The van der Waals surface area contributed by atoms with Crippen molar-refractivity contribution in [3.63, 3.8) is 0 Å². The number of benzene rings is 1. The number of anilines is 1. The Morgan fingerprint density at radius 1 is 1.06 bits per heavy atom. The van der Waals surface area contributed by atoms with Crippen LogP contribution in [0.25, 0.3) is 21.1 Å². The highest BCUT2D eigenvalue weighted by molar-refractivity contribution is 7.18. The van der Waals surface area contributed by atoms with E-state index < -0.39 is 24.8 Å². The minimum absolute atomic E-state index is 0.00187. The van der Waals surface area contributed by atoms with E-state index in [9.17, 15) is 28.6 Å². The third kappa shape index (κ3) is 8.65. The molecule has 1 atom stereocenters. The van der Waals surface area contributed by atoms with Gasteiger partial charge in [-0.1, -0.05) is 38.2 Å². The highest BCUT2D eigenvalue weighted by Gasteiger charge is 2.31. The molecule has 1 unspecified atom stereocenters. The van der Waals surface area contributed by atoms with Crippen LogP contribution >= 0.6 is 11.3 Å². The number of rotatable bonds is 13. The molecule has 0 radical (unpaired) electrons. The quantitative estimate of drug-likeness (QED) is 0.138. The second kappa shape index (κ2) is 15.1. The number of likely N-dealkylation sites (tertiary alicyclic amines) is 1. The molecule has 0 spiro atoms. The average Bonchev–Trinajstić information content (AvgIpc) is 3.64. The minimum Gasteiger partial charge on any atom is -0.393 e. The molecule has 4 aromatic rings. The van der Waals surface area contributed by atoms with E-state index in [0.29, 0.717) is 34.3 Å². The number of nitriles is 1. The molecule has 1 saturated carbocycles. The van der Waals surface area contributed by atoms with Crippen LogP contribution < -0.4 is 5.32 Å². The summed E-state index contributed by atoms with van der Waals surface area (Å²) in [6.45, 7) is 2.52. The fourth-order valence-electron chi connectivity index (χ4n) is 7.10. The highest BCUT2D eigenvalue weighted by atomic mass is 32.1. The number of thiophene rings is 1. The van der Waals surface area contributed by atoms with Gasteiger partial charge in [0.15, 0.2) is 0 Å². The largest absolute Gasteiger partial charge is 0.393 e. The van der Waals surface area contributed by atoms with Gasteiger partial charge in [-0.05, 0) is 55.0 Å². The van der Waals surface area contributed by atoms with E-state index in [0.717, 1.165) is 66.7 Å². The SMILES string of the molecule is N#Cc1cc2cc(CN3CCC(Nc4ncnc5sc(CC(F)(F)F)cc45)CC3)ccc2n1CC(O)(CO)COCCC1CCCCC1. The maximum Gasteiger partial charge on any atom is 0.393 e. The molecular weight excluding hydrogens is 641 g/mol. The zero-order valence-corrected chi connectivity index (χ0v) is 27.8. The molecule has 1 aliphatic heterocycles. The average molecular weight is 685 g/mol. The molecule has 3 N–H and O–H groups in total. The summed E-state index contributed by atoms with van der Waals surface area (Å²) >= 11 is 1.05. The molecular formula is C35H43F3N6O3S. The van der Waals surface area contributed by atoms with Crippen LogP contribution in [-0.2, 0) is 24.2 Å². The second-order valence-electron chi connectivity index (χ2n) is 13.5. The van der Waals surface area contributed by atoms with Gasteiger partial charge in [0.2, 0.25) is 0 Å². The van der Waals surface area contributed by atoms with Gasteiger partial charge in [-0.25, -0.2) is 9.97 Å². The van der Waals surface area contributed by atoms with Crippen molar-refractivity contribution in [1.82, 2.24) is 19.4 Å². The van der Waals surface area contributed by atoms with Crippen LogP contribution in [0.15, 0.2) is 36.7 Å². The van der Waals surface area contributed by atoms with Crippen molar-refractivity contribution in [3.05, 3.63) is 52.8 Å². The highest BCUT2D eigenvalue weighted by Crippen LogP contribution is 2.33. The van der Waals surface area contributed by atoms with E-state index in [4.69, 9.17) is 4.74 Å². The van der Waals surface area contributed by atoms with Crippen molar-refractivity contribution in [2.45, 2.75) is 88.7 Å². The number of aliphatic hydroxyl groups is 2. The van der Waals surface area contributed by atoms with Gasteiger partial charge in [-0.3, -0.25) is 4.90 Å². The van der Waals surface area contributed by atoms with Crippen LogP contribution in [0.3, 0.4) is 0 Å². The maximum atomic E-state index is 12.9. The molecule has 4 heterocycles. The summed E-state index contributed by atoms with van der Waals surface area (Å²) in [5.74, 6) is 1.25. The van der Waals surface area contributed by atoms with Gasteiger partial charge < -0.3 is 24.8 Å². The number of hydrogen-bond acceptors (Lipinski definition) is 9. The Morgan fingerprint density at radius 3 is 2.58 bits per heavy atom. The van der Waals surface area contributed by atoms with Crippen LogP contribution in [0.2, 0.25) is 0 Å². The first-order valence-corrected chi connectivity index (χ1v) is 17.7. The fourth-order valence-corrected chi connectivity index (χ4v) is 8.12. The van der Waals surface area contributed by atoms with Crippen molar-refractivity contribution in [3.8, 4) is 6.07 Å². The molecule has 1 saturated heterocycles. The van der Waals surface area contributed by atoms with Crippen molar-refractivity contribution >= 4 is 38.3 Å². The summed E-state index contributed by atoms with van der Waals surface area (Å²) < 4.78 is 46.4. The van der Waals surface area contributed by atoms with Gasteiger partial charge in [0.25, 0.3) is 0 Å². The molecule has 2 aliphatic rings. The lowest BCUT2D eigenvalue weighted by Crippen LogP contribution is -2.43. The lowest BCUT2D eigenvalue weighted by atomic mass is 9.87. The van der Waals surface area contributed by atoms with Gasteiger partial charge in [0.05, 0.1) is 31.6 Å². The number of fused-ring (bicyclic) bond motifs is 2. The first kappa shape index (κ1) is 34.6. The minimum atomic E-state index is -4.27. The molecule has 1 aliphatic carbocycles. The zero-order valence-electron chi connectivity index (χ0n) is 27.0. The second-order valence-corrected chi connectivity index (χ2v) is 14.6. The first-order chi connectivity index (χ1) is 23.1. The number of alkyl halides is 3. The fraction of sp³-hybridized carbons (Fsp3) is 0.571. The molecule has 1 aromatic carbocycles. The van der Waals surface area contributed by atoms with E-state index in [2.05, 4.69) is 32.3 Å². The van der Waals surface area contributed by atoms with E-state index in [-0.39, 0.29) is 24.1 Å². The van der Waals surface area contributed by atoms with Crippen molar-refractivity contribution in [2.24, 2.45) is 5.92 Å². The summed E-state index contributed by atoms with van der Waals surface area (Å²) in [4.78, 5) is 11.6. The molecule has 13 heteroatoms. The van der Waals surface area contributed by atoms with E-state index in [1.165, 1.54) is 38.4 Å². The number of halogens is 3. The summed E-state index contributed by atoms with van der Waals surface area (Å²) in [5.41, 5.74) is 0.827. The molecule has 0 bridgehead atoms. The van der Waals surface area contributed by atoms with Crippen molar-refractivity contribution < 1.29 is 28.1 Å². The van der Waals surface area contributed by atoms with Crippen molar-refractivity contribution in [1.29, 1.82) is 5.26 Å². The van der Waals surface area contributed by atoms with E-state index in [1.807, 2.05) is 18.2 Å². The number of nitrogens with zero attached hydrogens (tertiary/aromatic N) is 5. The Labute approximate surface area is 282 Å². The third-order valence-corrected chi connectivity index (χ3v) is 10.7. The normalized spacial score (nSPS) is 18.3. The predicted octanol–water partition coefficient (Wildman–Crippen LogP) is 6.41. The summed E-state index contributed by atoms with van der Waals surface area (Å²) in [6, 6.07) is 11.8. The number of aromatic nitrogens is 3.